The average molecular weight is 213 g/mol. The molecule has 0 aromatic carbocycles. The Morgan fingerprint density at radius 3 is 2.73 bits per heavy atom. The highest BCUT2D eigenvalue weighted by Crippen LogP contribution is 2.34. The van der Waals surface area contributed by atoms with Crippen molar-refractivity contribution < 1.29 is 8.78 Å². The van der Waals surface area contributed by atoms with Gasteiger partial charge in [0.05, 0.1) is 0 Å². The first-order valence-corrected chi connectivity index (χ1v) is 4.96. The maximum Gasteiger partial charge on any atom is 0.168 e. The Kier molecular flexibility index (Phi) is 2.46. The van der Waals surface area contributed by atoms with E-state index in [1.807, 2.05) is 6.92 Å². The van der Waals surface area contributed by atoms with Crippen molar-refractivity contribution in [1.29, 1.82) is 0 Å². The molecule has 1 aliphatic carbocycles. The van der Waals surface area contributed by atoms with Gasteiger partial charge in [-0.1, -0.05) is 0 Å². The first kappa shape index (κ1) is 10.1. The van der Waals surface area contributed by atoms with Gasteiger partial charge < -0.3 is 11.1 Å². The third-order valence-electron chi connectivity index (χ3n) is 2.65. The monoisotopic (exact) mass is 213 g/mol. The molecular weight excluding hydrogens is 200 g/mol. The van der Waals surface area contributed by atoms with Crippen LogP contribution in [0.2, 0.25) is 0 Å². The van der Waals surface area contributed by atoms with Gasteiger partial charge in [-0.3, -0.25) is 0 Å². The number of pyridine rings is 1. The predicted molar refractivity (Wildman–Crippen MR) is 54.4 cm³/mol. The van der Waals surface area contributed by atoms with Crippen molar-refractivity contribution in [2.45, 2.75) is 25.8 Å². The lowest BCUT2D eigenvalue weighted by molar-refractivity contribution is 0.574. The first-order chi connectivity index (χ1) is 7.08. The summed E-state index contributed by atoms with van der Waals surface area (Å²) in [6, 6.07) is 0.904. The summed E-state index contributed by atoms with van der Waals surface area (Å²) in [6.07, 6.45) is 2.29. The van der Waals surface area contributed by atoms with Gasteiger partial charge in [0.15, 0.2) is 23.3 Å². The van der Waals surface area contributed by atoms with Crippen molar-refractivity contribution in [3.05, 3.63) is 17.7 Å². The molecule has 1 heterocycles. The molecule has 5 heteroatoms. The molecule has 1 aromatic rings. The van der Waals surface area contributed by atoms with Crippen LogP contribution in [0, 0.1) is 17.6 Å². The average Bonchev–Trinajstić information content (AvgIpc) is 2.97. The Morgan fingerprint density at radius 2 is 2.13 bits per heavy atom. The predicted octanol–water partition coefficient (Wildman–Crippen LogP) is 2.15. The minimum absolute atomic E-state index is 0.0355. The molecule has 0 spiro atoms. The third-order valence-corrected chi connectivity index (χ3v) is 2.65. The number of anilines is 2. The second-order valence-corrected chi connectivity index (χ2v) is 3.96. The summed E-state index contributed by atoms with van der Waals surface area (Å²) in [7, 11) is 0. The highest BCUT2D eigenvalue weighted by atomic mass is 19.1. The van der Waals surface area contributed by atoms with Gasteiger partial charge in [-0.15, -0.1) is 0 Å². The molecular formula is C10H13F2N3. The molecule has 3 nitrogen and oxygen atoms in total. The van der Waals surface area contributed by atoms with Crippen LogP contribution in [0.5, 0.6) is 0 Å². The molecule has 3 N–H and O–H groups in total. The van der Waals surface area contributed by atoms with Gasteiger partial charge in [0.2, 0.25) is 0 Å². The van der Waals surface area contributed by atoms with Crippen molar-refractivity contribution in [3.8, 4) is 0 Å². The van der Waals surface area contributed by atoms with Crippen LogP contribution in [0.1, 0.15) is 19.8 Å². The zero-order chi connectivity index (χ0) is 11.0. The van der Waals surface area contributed by atoms with Crippen LogP contribution >= 0.6 is 0 Å². The summed E-state index contributed by atoms with van der Waals surface area (Å²) in [4.78, 5) is 3.64. The SMILES string of the molecule is CC(Nc1nc(N)c(F)cc1F)C1CC1. The van der Waals surface area contributed by atoms with Crippen LogP contribution in [0.25, 0.3) is 0 Å². The van der Waals surface area contributed by atoms with Crippen LogP contribution in [0.4, 0.5) is 20.4 Å². The molecule has 15 heavy (non-hydrogen) atoms. The van der Waals surface area contributed by atoms with Crippen molar-refractivity contribution in [3.63, 3.8) is 0 Å². The largest absolute Gasteiger partial charge is 0.381 e. The fraction of sp³-hybridized carbons (Fsp3) is 0.500. The molecule has 0 radical (unpaired) electrons. The molecule has 0 saturated heterocycles. The minimum Gasteiger partial charge on any atom is -0.381 e. The summed E-state index contributed by atoms with van der Waals surface area (Å²) in [5.74, 6) is -1.20. The molecule has 2 rings (SSSR count). The summed E-state index contributed by atoms with van der Waals surface area (Å²) in [5, 5.41) is 2.91. The summed E-state index contributed by atoms with van der Waals surface area (Å²) >= 11 is 0. The molecule has 1 fully saturated rings. The van der Waals surface area contributed by atoms with Crippen molar-refractivity contribution >= 4 is 11.6 Å². The number of halogens is 2. The number of hydrogen-bond donors (Lipinski definition) is 2. The van der Waals surface area contributed by atoms with E-state index < -0.39 is 11.6 Å². The maximum atomic E-state index is 13.3. The van der Waals surface area contributed by atoms with E-state index in [0.29, 0.717) is 5.92 Å². The second kappa shape index (κ2) is 3.64. The zero-order valence-corrected chi connectivity index (χ0v) is 8.43. The second-order valence-electron chi connectivity index (χ2n) is 3.96. The molecule has 1 aromatic heterocycles. The number of nitrogens with zero attached hydrogens (tertiary/aromatic N) is 1. The van der Waals surface area contributed by atoms with E-state index >= 15 is 0 Å². The van der Waals surface area contributed by atoms with E-state index in [0.717, 1.165) is 18.9 Å². The highest BCUT2D eigenvalue weighted by Gasteiger charge is 2.28. The minimum atomic E-state index is -0.822. The van der Waals surface area contributed by atoms with Crippen LogP contribution < -0.4 is 11.1 Å². The van der Waals surface area contributed by atoms with Crippen molar-refractivity contribution in [2.75, 3.05) is 11.1 Å². The molecule has 1 saturated carbocycles. The van der Waals surface area contributed by atoms with Crippen LogP contribution in [-0.4, -0.2) is 11.0 Å². The van der Waals surface area contributed by atoms with Gasteiger partial charge in [-0.25, -0.2) is 13.8 Å². The lowest BCUT2D eigenvalue weighted by Gasteiger charge is -2.14. The lowest BCUT2D eigenvalue weighted by Crippen LogP contribution is -2.19. The Bertz CT molecular complexity index is 377. The Hall–Kier alpha value is -1.39. The number of aromatic nitrogens is 1. The van der Waals surface area contributed by atoms with E-state index in [-0.39, 0.29) is 17.7 Å². The lowest BCUT2D eigenvalue weighted by atomic mass is 10.2. The summed E-state index contributed by atoms with van der Waals surface area (Å²) in [5.41, 5.74) is 5.26. The van der Waals surface area contributed by atoms with E-state index in [2.05, 4.69) is 10.3 Å². The third kappa shape index (κ3) is 2.16. The fourth-order valence-electron chi connectivity index (χ4n) is 1.51. The number of rotatable bonds is 3. The first-order valence-electron chi connectivity index (χ1n) is 4.96. The molecule has 1 unspecified atom stereocenters. The number of nitrogens with one attached hydrogen (secondary N) is 1. The summed E-state index contributed by atoms with van der Waals surface area (Å²) < 4.78 is 26.1. The fourth-order valence-corrected chi connectivity index (χ4v) is 1.51. The molecule has 0 amide bonds. The van der Waals surface area contributed by atoms with Gasteiger partial charge >= 0.3 is 0 Å². The summed E-state index contributed by atoms with van der Waals surface area (Å²) in [6.45, 7) is 1.96. The van der Waals surface area contributed by atoms with Gasteiger partial charge in [0.25, 0.3) is 0 Å². The van der Waals surface area contributed by atoms with Crippen molar-refractivity contribution in [1.82, 2.24) is 4.98 Å². The molecule has 0 aliphatic heterocycles. The van der Waals surface area contributed by atoms with Gasteiger partial charge in [0.1, 0.15) is 0 Å². The van der Waals surface area contributed by atoms with E-state index in [1.54, 1.807) is 0 Å². The van der Waals surface area contributed by atoms with E-state index in [1.165, 1.54) is 0 Å². The van der Waals surface area contributed by atoms with Gasteiger partial charge in [-0.2, -0.15) is 0 Å². The Balaban J connectivity index is 2.16. The smallest absolute Gasteiger partial charge is 0.168 e. The molecule has 82 valence electrons. The molecule has 1 atom stereocenters. The zero-order valence-electron chi connectivity index (χ0n) is 8.43. The Labute approximate surface area is 86.7 Å². The van der Waals surface area contributed by atoms with Gasteiger partial charge in [-0.05, 0) is 25.7 Å². The van der Waals surface area contributed by atoms with Crippen molar-refractivity contribution in [2.24, 2.45) is 5.92 Å². The van der Waals surface area contributed by atoms with Crippen LogP contribution in [0.3, 0.4) is 0 Å². The van der Waals surface area contributed by atoms with Crippen LogP contribution in [-0.2, 0) is 0 Å². The van der Waals surface area contributed by atoms with Crippen LogP contribution in [0.15, 0.2) is 6.07 Å². The standard InChI is InChI=1S/C10H13F2N3/c1-5(6-2-3-6)14-10-8(12)4-7(11)9(13)15-10/h4-6H,2-3H2,1H3,(H3,13,14,15). The maximum absolute atomic E-state index is 13.3. The highest BCUT2D eigenvalue weighted by molar-refractivity contribution is 5.45. The topological polar surface area (TPSA) is 50.9 Å². The van der Waals surface area contributed by atoms with E-state index in [9.17, 15) is 8.78 Å². The Morgan fingerprint density at radius 1 is 1.47 bits per heavy atom. The van der Waals surface area contributed by atoms with E-state index in [4.69, 9.17) is 5.73 Å². The quantitative estimate of drug-likeness (QED) is 0.808. The number of nitrogen functional groups attached to an aromatic ring is 1. The normalized spacial score (nSPS) is 17.5. The molecule has 1 aliphatic rings. The molecule has 0 bridgehead atoms. The number of nitrogens with two attached hydrogens (primary N) is 1. The number of hydrogen-bond acceptors (Lipinski definition) is 3. The van der Waals surface area contributed by atoms with Gasteiger partial charge in [0, 0.05) is 12.1 Å².